The number of carbonyl (C=O) groups excluding carboxylic acids is 1. The third-order valence-corrected chi connectivity index (χ3v) is 3.66. The Bertz CT molecular complexity index is 761. The van der Waals surface area contributed by atoms with Crippen LogP contribution in [-0.2, 0) is 0 Å². The number of amides is 2. The molecular formula is C16H14BrFN4O. The van der Waals surface area contributed by atoms with Crippen LogP contribution in [0.5, 0.6) is 0 Å². The standard InChI is InChI=1S/C16H14BrFN4O/c17-11-7-10(15-19-5-6-20-15)8-14(9-11)22-16(23)21-13-3-1-12(18)2-4-13/h1-4,7-9H,5-6H2,(H,19,20)(H2,21,22,23). The first-order valence-electron chi connectivity index (χ1n) is 7.03. The maximum absolute atomic E-state index is 12.9. The van der Waals surface area contributed by atoms with Crippen molar-refractivity contribution in [2.24, 2.45) is 4.99 Å². The molecule has 0 bridgehead atoms. The van der Waals surface area contributed by atoms with Crippen LogP contribution in [0.25, 0.3) is 0 Å². The molecule has 1 heterocycles. The Balaban J connectivity index is 1.71. The summed E-state index contributed by atoms with van der Waals surface area (Å²) in [5.41, 5.74) is 2.04. The van der Waals surface area contributed by atoms with E-state index in [1.54, 1.807) is 6.07 Å². The van der Waals surface area contributed by atoms with Crippen molar-refractivity contribution in [3.8, 4) is 0 Å². The number of anilines is 2. The van der Waals surface area contributed by atoms with Crippen LogP contribution >= 0.6 is 15.9 Å². The summed E-state index contributed by atoms with van der Waals surface area (Å²) in [6.45, 7) is 1.56. The lowest BCUT2D eigenvalue weighted by Gasteiger charge is -2.10. The summed E-state index contributed by atoms with van der Waals surface area (Å²) in [4.78, 5) is 16.4. The molecule has 0 atom stereocenters. The second-order valence-corrected chi connectivity index (χ2v) is 5.89. The first-order chi connectivity index (χ1) is 11.1. The van der Waals surface area contributed by atoms with E-state index in [2.05, 4.69) is 36.9 Å². The molecule has 2 amide bonds. The van der Waals surface area contributed by atoms with Crippen LogP contribution in [0.4, 0.5) is 20.6 Å². The van der Waals surface area contributed by atoms with Gasteiger partial charge in [-0.1, -0.05) is 15.9 Å². The summed E-state index contributed by atoms with van der Waals surface area (Å²) >= 11 is 3.43. The maximum atomic E-state index is 12.9. The van der Waals surface area contributed by atoms with Gasteiger partial charge in [-0.05, 0) is 42.5 Å². The Morgan fingerprint density at radius 3 is 2.57 bits per heavy atom. The molecule has 0 saturated carbocycles. The Morgan fingerprint density at radius 1 is 1.13 bits per heavy atom. The zero-order valence-corrected chi connectivity index (χ0v) is 13.7. The highest BCUT2D eigenvalue weighted by atomic mass is 79.9. The van der Waals surface area contributed by atoms with Crippen molar-refractivity contribution >= 4 is 39.2 Å². The molecule has 2 aromatic rings. The fraction of sp³-hybridized carbons (Fsp3) is 0.125. The summed E-state index contributed by atoms with van der Waals surface area (Å²) in [7, 11) is 0. The van der Waals surface area contributed by atoms with Crippen LogP contribution in [0, 0.1) is 5.82 Å². The van der Waals surface area contributed by atoms with Gasteiger partial charge in [0.25, 0.3) is 0 Å². The topological polar surface area (TPSA) is 65.5 Å². The first kappa shape index (κ1) is 15.5. The van der Waals surface area contributed by atoms with Gasteiger partial charge in [-0.25, -0.2) is 9.18 Å². The quantitative estimate of drug-likeness (QED) is 0.766. The summed E-state index contributed by atoms with van der Waals surface area (Å²) in [6, 6.07) is 10.7. The minimum Gasteiger partial charge on any atom is -0.368 e. The number of halogens is 2. The van der Waals surface area contributed by atoms with E-state index < -0.39 is 6.03 Å². The van der Waals surface area contributed by atoms with Crippen molar-refractivity contribution in [1.29, 1.82) is 0 Å². The largest absolute Gasteiger partial charge is 0.368 e. The number of hydrogen-bond donors (Lipinski definition) is 3. The van der Waals surface area contributed by atoms with Crippen molar-refractivity contribution in [2.45, 2.75) is 0 Å². The number of carbonyl (C=O) groups is 1. The molecule has 5 nitrogen and oxygen atoms in total. The Hall–Kier alpha value is -2.41. The van der Waals surface area contributed by atoms with E-state index in [0.29, 0.717) is 11.4 Å². The molecule has 23 heavy (non-hydrogen) atoms. The van der Waals surface area contributed by atoms with E-state index in [1.165, 1.54) is 24.3 Å². The van der Waals surface area contributed by atoms with Crippen molar-refractivity contribution in [3.63, 3.8) is 0 Å². The average molecular weight is 377 g/mol. The number of benzene rings is 2. The third-order valence-electron chi connectivity index (χ3n) is 3.21. The van der Waals surface area contributed by atoms with Gasteiger partial charge in [0.2, 0.25) is 0 Å². The lowest BCUT2D eigenvalue weighted by atomic mass is 10.2. The SMILES string of the molecule is O=C(Nc1ccc(F)cc1)Nc1cc(Br)cc(C2=NCCN2)c1. The summed E-state index contributed by atoms with van der Waals surface area (Å²) in [5, 5.41) is 8.59. The highest BCUT2D eigenvalue weighted by molar-refractivity contribution is 9.10. The smallest absolute Gasteiger partial charge is 0.323 e. The minimum atomic E-state index is -0.401. The highest BCUT2D eigenvalue weighted by Gasteiger charge is 2.11. The van der Waals surface area contributed by atoms with E-state index in [4.69, 9.17) is 0 Å². The van der Waals surface area contributed by atoms with Crippen LogP contribution < -0.4 is 16.0 Å². The number of nitrogens with zero attached hydrogens (tertiary/aromatic N) is 1. The van der Waals surface area contributed by atoms with Crippen molar-refractivity contribution in [3.05, 3.63) is 58.3 Å². The van der Waals surface area contributed by atoms with E-state index in [1.807, 2.05) is 12.1 Å². The molecule has 0 unspecified atom stereocenters. The molecule has 7 heteroatoms. The predicted molar refractivity (Wildman–Crippen MR) is 92.6 cm³/mol. The normalized spacial score (nSPS) is 13.2. The van der Waals surface area contributed by atoms with E-state index in [-0.39, 0.29) is 5.82 Å². The third kappa shape index (κ3) is 4.07. The first-order valence-corrected chi connectivity index (χ1v) is 7.82. The highest BCUT2D eigenvalue weighted by Crippen LogP contribution is 2.21. The number of urea groups is 1. The van der Waals surface area contributed by atoms with Gasteiger partial charge in [0.05, 0.1) is 6.54 Å². The molecule has 118 valence electrons. The number of amidine groups is 1. The maximum Gasteiger partial charge on any atom is 0.323 e. The zero-order chi connectivity index (χ0) is 16.2. The molecule has 3 rings (SSSR count). The van der Waals surface area contributed by atoms with Gasteiger partial charge in [-0.3, -0.25) is 4.99 Å². The van der Waals surface area contributed by atoms with Gasteiger partial charge in [0.15, 0.2) is 0 Å². The van der Waals surface area contributed by atoms with Gasteiger partial charge in [0, 0.05) is 28.0 Å². The van der Waals surface area contributed by atoms with Gasteiger partial charge in [-0.2, -0.15) is 0 Å². The van der Waals surface area contributed by atoms with Gasteiger partial charge >= 0.3 is 6.03 Å². The fourth-order valence-corrected chi connectivity index (χ4v) is 2.71. The monoisotopic (exact) mass is 376 g/mol. The summed E-state index contributed by atoms with van der Waals surface area (Å²) in [6.07, 6.45) is 0. The summed E-state index contributed by atoms with van der Waals surface area (Å²) < 4.78 is 13.7. The molecule has 1 aliphatic heterocycles. The lowest BCUT2D eigenvalue weighted by Crippen LogP contribution is -2.21. The molecule has 1 aliphatic rings. The molecular weight excluding hydrogens is 363 g/mol. The minimum absolute atomic E-state index is 0.350. The molecule has 0 saturated heterocycles. The number of hydrogen-bond acceptors (Lipinski definition) is 3. The number of aliphatic imine (C=N–C) groups is 1. The zero-order valence-electron chi connectivity index (χ0n) is 12.1. The molecule has 0 radical (unpaired) electrons. The average Bonchev–Trinajstić information content (AvgIpc) is 3.03. The van der Waals surface area contributed by atoms with E-state index in [9.17, 15) is 9.18 Å². The van der Waals surface area contributed by atoms with Crippen LogP contribution in [0.3, 0.4) is 0 Å². The van der Waals surface area contributed by atoms with Crippen LogP contribution in [-0.4, -0.2) is 25.0 Å². The van der Waals surface area contributed by atoms with Gasteiger partial charge in [-0.15, -0.1) is 0 Å². The molecule has 0 fully saturated rings. The van der Waals surface area contributed by atoms with Gasteiger partial charge in [0.1, 0.15) is 11.7 Å². The molecule has 0 spiro atoms. The predicted octanol–water partition coefficient (Wildman–Crippen LogP) is 3.58. The van der Waals surface area contributed by atoms with Crippen LogP contribution in [0.2, 0.25) is 0 Å². The molecule has 2 aromatic carbocycles. The van der Waals surface area contributed by atoms with Crippen LogP contribution in [0.15, 0.2) is 51.9 Å². The lowest BCUT2D eigenvalue weighted by molar-refractivity contribution is 0.262. The van der Waals surface area contributed by atoms with Crippen molar-refractivity contribution in [2.75, 3.05) is 23.7 Å². The second kappa shape index (κ2) is 6.78. The molecule has 3 N–H and O–H groups in total. The van der Waals surface area contributed by atoms with Crippen molar-refractivity contribution < 1.29 is 9.18 Å². The Labute approximate surface area is 141 Å². The fourth-order valence-electron chi connectivity index (χ4n) is 2.22. The van der Waals surface area contributed by atoms with Crippen molar-refractivity contribution in [1.82, 2.24) is 5.32 Å². The van der Waals surface area contributed by atoms with Crippen LogP contribution in [0.1, 0.15) is 5.56 Å². The summed E-state index contributed by atoms with van der Waals surface area (Å²) in [5.74, 6) is 0.464. The Morgan fingerprint density at radius 2 is 1.87 bits per heavy atom. The molecule has 0 aliphatic carbocycles. The molecule has 0 aromatic heterocycles. The van der Waals surface area contributed by atoms with E-state index in [0.717, 1.165) is 29.0 Å². The number of rotatable bonds is 3. The second-order valence-electron chi connectivity index (χ2n) is 4.97. The van der Waals surface area contributed by atoms with E-state index >= 15 is 0 Å². The Kier molecular flexibility index (Phi) is 4.57. The van der Waals surface area contributed by atoms with Gasteiger partial charge < -0.3 is 16.0 Å². The number of nitrogens with one attached hydrogen (secondary N) is 3.